The molecule has 3 aromatic carbocycles. The van der Waals surface area contributed by atoms with Crippen LogP contribution in [0.3, 0.4) is 0 Å². The summed E-state index contributed by atoms with van der Waals surface area (Å²) in [7, 11) is 3.10. The average molecular weight is 611 g/mol. The molecule has 0 saturated carbocycles. The van der Waals surface area contributed by atoms with Gasteiger partial charge in [-0.25, -0.2) is 0 Å². The van der Waals surface area contributed by atoms with E-state index in [1.165, 1.54) is 5.56 Å². The predicted octanol–water partition coefficient (Wildman–Crippen LogP) is 5.79. The van der Waals surface area contributed by atoms with Crippen molar-refractivity contribution in [2.75, 3.05) is 34.0 Å². The fourth-order valence-corrected chi connectivity index (χ4v) is 6.27. The van der Waals surface area contributed by atoms with Crippen LogP contribution in [0.15, 0.2) is 58.5 Å². The lowest BCUT2D eigenvalue weighted by Gasteiger charge is -2.35. The summed E-state index contributed by atoms with van der Waals surface area (Å²) >= 11 is 0. The molecule has 45 heavy (non-hydrogen) atoms. The van der Waals surface area contributed by atoms with Gasteiger partial charge in [-0.15, -0.1) is 0 Å². The quantitative estimate of drug-likeness (QED) is 0.213. The van der Waals surface area contributed by atoms with Gasteiger partial charge in [-0.2, -0.15) is 0 Å². The van der Waals surface area contributed by atoms with Crippen LogP contribution in [0.1, 0.15) is 58.0 Å². The summed E-state index contributed by atoms with van der Waals surface area (Å²) in [5.74, 6) is 1.73. The normalized spacial score (nSPS) is 18.4. The van der Waals surface area contributed by atoms with Crippen molar-refractivity contribution in [1.29, 1.82) is 0 Å². The molecule has 3 aliphatic heterocycles. The highest BCUT2D eigenvalue weighted by Crippen LogP contribution is 2.39. The number of nitrogens with zero attached hydrogens (tertiary/aromatic N) is 4. The number of hydrogen-bond donors (Lipinski definition) is 0. The SMILES string of the molecule is C=Nc1cc(OCCCOc2cc3c(cc2OC)C(=O)N2CCC[C@H]2C=N3)c(OC)cc1C(=O)N1Cc2ccccc2CC1C. The molecule has 0 aromatic heterocycles. The van der Waals surface area contributed by atoms with Gasteiger partial charge < -0.3 is 28.7 Å². The first-order chi connectivity index (χ1) is 21.9. The molecule has 0 spiro atoms. The molecule has 3 heterocycles. The zero-order chi connectivity index (χ0) is 31.5. The Morgan fingerprint density at radius 3 is 2.44 bits per heavy atom. The number of benzene rings is 3. The Morgan fingerprint density at radius 2 is 1.71 bits per heavy atom. The Morgan fingerprint density at radius 1 is 1.00 bits per heavy atom. The Bertz CT molecular complexity index is 1650. The van der Waals surface area contributed by atoms with Crippen molar-refractivity contribution in [1.82, 2.24) is 9.80 Å². The molecule has 3 aromatic rings. The number of rotatable bonds is 10. The summed E-state index contributed by atoms with van der Waals surface area (Å²) in [4.78, 5) is 39.3. The number of methoxy groups -OCH3 is 2. The second-order valence-corrected chi connectivity index (χ2v) is 11.5. The number of amides is 2. The lowest BCUT2D eigenvalue weighted by Crippen LogP contribution is -2.42. The fourth-order valence-electron chi connectivity index (χ4n) is 6.27. The van der Waals surface area contributed by atoms with E-state index in [0.29, 0.717) is 71.7 Å². The maximum Gasteiger partial charge on any atom is 0.256 e. The molecule has 6 rings (SSSR count). The van der Waals surface area contributed by atoms with E-state index in [1.807, 2.05) is 28.1 Å². The van der Waals surface area contributed by atoms with Crippen molar-refractivity contribution < 1.29 is 28.5 Å². The van der Waals surface area contributed by atoms with Crippen LogP contribution in [0.2, 0.25) is 0 Å². The minimum absolute atomic E-state index is 0.0317. The van der Waals surface area contributed by atoms with E-state index in [1.54, 1.807) is 38.5 Å². The minimum atomic E-state index is -0.126. The van der Waals surface area contributed by atoms with E-state index in [0.717, 1.165) is 31.4 Å². The monoisotopic (exact) mass is 610 g/mol. The molecule has 10 nitrogen and oxygen atoms in total. The number of ether oxygens (including phenoxy) is 4. The third-order valence-corrected chi connectivity index (χ3v) is 8.71. The maximum absolute atomic E-state index is 13.7. The third-order valence-electron chi connectivity index (χ3n) is 8.71. The zero-order valence-electron chi connectivity index (χ0n) is 26.0. The molecule has 234 valence electrons. The molecule has 2 atom stereocenters. The van der Waals surface area contributed by atoms with E-state index in [9.17, 15) is 9.59 Å². The predicted molar refractivity (Wildman–Crippen MR) is 172 cm³/mol. The molecule has 2 amide bonds. The molecule has 3 aliphatic rings. The summed E-state index contributed by atoms with van der Waals surface area (Å²) in [5.41, 5.74) is 4.36. The van der Waals surface area contributed by atoms with Crippen molar-refractivity contribution >= 4 is 36.1 Å². The van der Waals surface area contributed by atoms with Crippen LogP contribution in [-0.4, -0.2) is 80.6 Å². The molecule has 1 saturated heterocycles. The Labute approximate surface area is 263 Å². The average Bonchev–Trinajstić information content (AvgIpc) is 3.50. The van der Waals surface area contributed by atoms with Crippen LogP contribution in [0, 0.1) is 0 Å². The standard InChI is InChI=1S/C35H38N4O6/c1-22-15-23-9-5-6-10-24(23)21-39(22)35(41)26-16-30(42-3)32(18-28(26)36-2)44-13-8-14-45-33-19-29-27(17-31(33)43-4)34(40)38-12-7-11-25(38)20-37-29/h5-6,9-10,16-20,22,25H,2,7-8,11-15,21H2,1,3-4H3/t22?,25-/m0/s1. The summed E-state index contributed by atoms with van der Waals surface area (Å²) in [6.45, 7) is 7.68. The van der Waals surface area contributed by atoms with Crippen LogP contribution in [0.5, 0.6) is 23.0 Å². The number of carbonyl (C=O) groups is 2. The highest BCUT2D eigenvalue weighted by Gasteiger charge is 2.33. The molecule has 1 unspecified atom stereocenters. The fraction of sp³-hybridized carbons (Fsp3) is 0.371. The van der Waals surface area contributed by atoms with E-state index in [-0.39, 0.29) is 23.9 Å². The lowest BCUT2D eigenvalue weighted by atomic mass is 9.94. The smallest absolute Gasteiger partial charge is 0.256 e. The first kappa shape index (κ1) is 30.2. The van der Waals surface area contributed by atoms with Gasteiger partial charge in [0.15, 0.2) is 23.0 Å². The summed E-state index contributed by atoms with van der Waals surface area (Å²) in [6.07, 6.45) is 5.09. The Balaban J connectivity index is 1.10. The summed E-state index contributed by atoms with van der Waals surface area (Å²) in [5, 5.41) is 0. The number of aliphatic imine (C=N–C) groups is 2. The van der Waals surface area contributed by atoms with Crippen molar-refractivity contribution in [2.24, 2.45) is 9.98 Å². The van der Waals surface area contributed by atoms with Crippen LogP contribution in [0.25, 0.3) is 0 Å². The minimum Gasteiger partial charge on any atom is -0.493 e. The van der Waals surface area contributed by atoms with Gasteiger partial charge in [0.1, 0.15) is 0 Å². The molecular weight excluding hydrogens is 572 g/mol. The summed E-state index contributed by atoms with van der Waals surface area (Å²) in [6, 6.07) is 15.1. The highest BCUT2D eigenvalue weighted by atomic mass is 16.5. The summed E-state index contributed by atoms with van der Waals surface area (Å²) < 4.78 is 23.3. The maximum atomic E-state index is 13.7. The number of fused-ring (bicyclic) bond motifs is 3. The Kier molecular flexibility index (Phi) is 8.73. The van der Waals surface area contributed by atoms with Gasteiger partial charge in [0.05, 0.1) is 56.0 Å². The third kappa shape index (κ3) is 5.96. The van der Waals surface area contributed by atoms with Gasteiger partial charge >= 0.3 is 0 Å². The van der Waals surface area contributed by atoms with Crippen LogP contribution in [0.4, 0.5) is 11.4 Å². The van der Waals surface area contributed by atoms with Gasteiger partial charge in [-0.3, -0.25) is 19.6 Å². The van der Waals surface area contributed by atoms with Crippen LogP contribution in [-0.2, 0) is 13.0 Å². The zero-order valence-corrected chi connectivity index (χ0v) is 26.0. The molecule has 0 N–H and O–H groups in total. The van der Waals surface area contributed by atoms with Crippen molar-refractivity contribution in [3.63, 3.8) is 0 Å². The molecule has 0 aliphatic carbocycles. The second kappa shape index (κ2) is 13.0. The van der Waals surface area contributed by atoms with E-state index in [2.05, 4.69) is 35.8 Å². The molecule has 0 bridgehead atoms. The van der Waals surface area contributed by atoms with Crippen LogP contribution < -0.4 is 18.9 Å². The van der Waals surface area contributed by atoms with E-state index in [4.69, 9.17) is 18.9 Å². The van der Waals surface area contributed by atoms with Gasteiger partial charge in [0.25, 0.3) is 11.8 Å². The van der Waals surface area contributed by atoms with Gasteiger partial charge in [0.2, 0.25) is 0 Å². The lowest BCUT2D eigenvalue weighted by molar-refractivity contribution is 0.0658. The van der Waals surface area contributed by atoms with Gasteiger partial charge in [-0.1, -0.05) is 24.3 Å². The van der Waals surface area contributed by atoms with E-state index < -0.39 is 0 Å². The van der Waals surface area contributed by atoms with Crippen molar-refractivity contribution in [2.45, 2.75) is 51.2 Å². The van der Waals surface area contributed by atoms with Crippen molar-refractivity contribution in [3.05, 3.63) is 70.8 Å². The van der Waals surface area contributed by atoms with Crippen molar-refractivity contribution in [3.8, 4) is 23.0 Å². The first-order valence-electron chi connectivity index (χ1n) is 15.3. The Hall–Kier alpha value is -4.86. The molecule has 0 radical (unpaired) electrons. The number of carbonyl (C=O) groups excluding carboxylic acids is 2. The molecular formula is C35H38N4O6. The largest absolute Gasteiger partial charge is 0.493 e. The van der Waals surface area contributed by atoms with Crippen LogP contribution >= 0.6 is 0 Å². The van der Waals surface area contributed by atoms with Gasteiger partial charge in [0, 0.05) is 43.9 Å². The second-order valence-electron chi connectivity index (χ2n) is 11.5. The molecule has 1 fully saturated rings. The molecule has 10 heteroatoms. The highest BCUT2D eigenvalue weighted by molar-refractivity contribution is 6.03. The topological polar surface area (TPSA) is 102 Å². The van der Waals surface area contributed by atoms with E-state index >= 15 is 0 Å². The van der Waals surface area contributed by atoms with Gasteiger partial charge in [-0.05, 0) is 56.2 Å². The first-order valence-corrected chi connectivity index (χ1v) is 15.3. The number of hydrogen-bond acceptors (Lipinski definition) is 8.